The van der Waals surface area contributed by atoms with Crippen molar-refractivity contribution in [3.63, 3.8) is 0 Å². The van der Waals surface area contributed by atoms with Crippen LogP contribution < -0.4 is 0 Å². The third-order valence-electron chi connectivity index (χ3n) is 1.73. The Morgan fingerprint density at radius 3 is 2.53 bits per heavy atom. The fourth-order valence-corrected chi connectivity index (χ4v) is 1.38. The number of ketones is 1. The summed E-state index contributed by atoms with van der Waals surface area (Å²) in [6.45, 7) is 0. The number of hydrogen-bond acceptors (Lipinski definition) is 2. The van der Waals surface area contributed by atoms with E-state index in [-0.39, 0.29) is 15.8 Å². The summed E-state index contributed by atoms with van der Waals surface area (Å²) in [4.78, 5) is 10.7. The van der Waals surface area contributed by atoms with Gasteiger partial charge in [0.2, 0.25) is 5.78 Å². The normalized spacial score (nSPS) is 11.5. The van der Waals surface area contributed by atoms with Gasteiger partial charge in [-0.2, -0.15) is 13.2 Å². The Hall–Kier alpha value is -1.04. The van der Waals surface area contributed by atoms with E-state index in [0.717, 1.165) is 0 Å². The van der Waals surface area contributed by atoms with Crippen LogP contribution in [0.4, 0.5) is 13.2 Å². The van der Waals surface area contributed by atoms with E-state index in [9.17, 15) is 23.1 Å². The lowest BCUT2D eigenvalue weighted by Gasteiger charge is -2.07. The molecule has 0 aromatic heterocycles. The fraction of sp³-hybridized carbons (Fsp3) is 0.222. The van der Waals surface area contributed by atoms with Crippen LogP contribution in [0.2, 0.25) is 0 Å². The minimum Gasteiger partial charge on any atom is -0.507 e. The summed E-state index contributed by atoms with van der Waals surface area (Å²) in [5, 5.41) is 9.18. The summed E-state index contributed by atoms with van der Waals surface area (Å²) >= 11 is 2.91. The molecular formula is C9H6BrF3O2. The van der Waals surface area contributed by atoms with E-state index < -0.39 is 18.4 Å². The molecule has 0 amide bonds. The minimum absolute atomic E-state index is 0.109. The molecule has 0 heterocycles. The molecule has 0 aliphatic heterocycles. The first-order chi connectivity index (χ1) is 6.82. The van der Waals surface area contributed by atoms with Gasteiger partial charge in [-0.3, -0.25) is 4.79 Å². The van der Waals surface area contributed by atoms with Gasteiger partial charge in [0.25, 0.3) is 0 Å². The van der Waals surface area contributed by atoms with Crippen LogP contribution in [0.5, 0.6) is 5.75 Å². The van der Waals surface area contributed by atoms with Crippen LogP contribution in [0, 0.1) is 0 Å². The van der Waals surface area contributed by atoms with Crippen LogP contribution in [0.15, 0.2) is 22.7 Å². The van der Waals surface area contributed by atoms with Gasteiger partial charge in [0.15, 0.2) is 0 Å². The van der Waals surface area contributed by atoms with E-state index in [0.29, 0.717) is 0 Å². The second-order valence-electron chi connectivity index (χ2n) is 2.85. The highest BCUT2D eigenvalue weighted by molar-refractivity contribution is 9.10. The van der Waals surface area contributed by atoms with Gasteiger partial charge < -0.3 is 5.11 Å². The Balaban J connectivity index is 2.91. The lowest BCUT2D eigenvalue weighted by atomic mass is 10.1. The monoisotopic (exact) mass is 282 g/mol. The van der Waals surface area contributed by atoms with Crippen molar-refractivity contribution < 1.29 is 23.1 Å². The maximum atomic E-state index is 11.9. The topological polar surface area (TPSA) is 37.3 Å². The number of halogens is 4. The van der Waals surface area contributed by atoms with Crippen molar-refractivity contribution in [3.8, 4) is 5.75 Å². The molecule has 0 fully saturated rings. The number of carbonyl (C=O) groups excluding carboxylic acids is 1. The number of benzene rings is 1. The lowest BCUT2D eigenvalue weighted by Crippen LogP contribution is -2.24. The van der Waals surface area contributed by atoms with E-state index in [2.05, 4.69) is 15.9 Å². The number of Topliss-reactive ketones (excluding diaryl/α,β-unsaturated/α-hetero) is 1. The molecule has 0 aliphatic carbocycles. The molecule has 0 atom stereocenters. The number of phenolic OH excluding ortho intramolecular Hbond substituents is 1. The second-order valence-corrected chi connectivity index (χ2v) is 3.64. The van der Waals surface area contributed by atoms with Crippen molar-refractivity contribution in [2.24, 2.45) is 0 Å². The molecule has 1 aromatic rings. The number of alkyl halides is 3. The van der Waals surface area contributed by atoms with Gasteiger partial charge >= 0.3 is 6.18 Å². The molecule has 82 valence electrons. The average Bonchev–Trinajstić information content (AvgIpc) is 2.11. The highest BCUT2D eigenvalue weighted by Gasteiger charge is 2.38. The third kappa shape index (κ3) is 2.95. The van der Waals surface area contributed by atoms with Gasteiger partial charge in [-0.05, 0) is 27.6 Å². The molecule has 1 aromatic carbocycles. The van der Waals surface area contributed by atoms with Gasteiger partial charge in [0.1, 0.15) is 5.75 Å². The van der Waals surface area contributed by atoms with Crippen molar-refractivity contribution in [2.45, 2.75) is 12.6 Å². The standard InChI is InChI=1S/C9H6BrF3O2/c10-8-5(2-1-3-6(8)14)4-7(15)9(11,12)13/h1-3,14H,4H2. The quantitative estimate of drug-likeness (QED) is 0.906. The number of phenols is 1. The van der Waals surface area contributed by atoms with Crippen molar-refractivity contribution in [1.82, 2.24) is 0 Å². The van der Waals surface area contributed by atoms with E-state index in [1.54, 1.807) is 0 Å². The summed E-state index contributed by atoms with van der Waals surface area (Å²) in [5.41, 5.74) is 0.109. The predicted molar refractivity (Wildman–Crippen MR) is 50.6 cm³/mol. The number of carbonyl (C=O) groups is 1. The molecule has 15 heavy (non-hydrogen) atoms. The summed E-state index contributed by atoms with van der Waals surface area (Å²) in [6, 6.07) is 4.03. The minimum atomic E-state index is -4.84. The van der Waals surface area contributed by atoms with E-state index in [1.165, 1.54) is 18.2 Å². The average molecular weight is 283 g/mol. The van der Waals surface area contributed by atoms with Crippen LogP contribution in [-0.4, -0.2) is 17.1 Å². The Kier molecular flexibility index (Phi) is 3.38. The number of rotatable bonds is 2. The molecule has 0 saturated heterocycles. The van der Waals surface area contributed by atoms with Crippen molar-refractivity contribution >= 4 is 21.7 Å². The van der Waals surface area contributed by atoms with Crippen LogP contribution >= 0.6 is 15.9 Å². The first kappa shape index (κ1) is 12.0. The van der Waals surface area contributed by atoms with Crippen LogP contribution in [0.1, 0.15) is 5.56 Å². The Morgan fingerprint density at radius 2 is 2.00 bits per heavy atom. The molecule has 0 bridgehead atoms. The maximum absolute atomic E-state index is 11.9. The zero-order chi connectivity index (χ0) is 11.6. The van der Waals surface area contributed by atoms with Crippen molar-refractivity contribution in [1.29, 1.82) is 0 Å². The summed E-state index contributed by atoms with van der Waals surface area (Å²) in [7, 11) is 0. The molecule has 0 spiro atoms. The van der Waals surface area contributed by atoms with Gasteiger partial charge in [-0.25, -0.2) is 0 Å². The molecule has 0 radical (unpaired) electrons. The molecule has 1 N–H and O–H groups in total. The molecule has 0 aliphatic rings. The molecule has 1 rings (SSSR count). The maximum Gasteiger partial charge on any atom is 0.450 e. The van der Waals surface area contributed by atoms with Crippen LogP contribution in [-0.2, 0) is 11.2 Å². The smallest absolute Gasteiger partial charge is 0.450 e. The SMILES string of the molecule is O=C(Cc1cccc(O)c1Br)C(F)(F)F. The first-order valence-corrected chi connectivity index (χ1v) is 4.68. The van der Waals surface area contributed by atoms with Crippen molar-refractivity contribution in [2.75, 3.05) is 0 Å². The van der Waals surface area contributed by atoms with E-state index in [1.807, 2.05) is 0 Å². The van der Waals surface area contributed by atoms with Gasteiger partial charge in [0, 0.05) is 6.42 Å². The van der Waals surface area contributed by atoms with Gasteiger partial charge in [-0.1, -0.05) is 12.1 Å². The molecule has 2 nitrogen and oxygen atoms in total. The highest BCUT2D eigenvalue weighted by Crippen LogP contribution is 2.29. The van der Waals surface area contributed by atoms with E-state index in [4.69, 9.17) is 0 Å². The zero-order valence-corrected chi connectivity index (χ0v) is 8.89. The summed E-state index contributed by atoms with van der Waals surface area (Å²) in [5.74, 6) is -2.03. The summed E-state index contributed by atoms with van der Waals surface area (Å²) in [6.07, 6.45) is -5.62. The lowest BCUT2D eigenvalue weighted by molar-refractivity contribution is -0.170. The predicted octanol–water partition coefficient (Wildman–Crippen LogP) is 2.83. The Morgan fingerprint density at radius 1 is 1.40 bits per heavy atom. The largest absolute Gasteiger partial charge is 0.507 e. The molecule has 0 saturated carbocycles. The molecule has 0 unspecified atom stereocenters. The molecule has 6 heteroatoms. The summed E-state index contributed by atoms with van der Waals surface area (Å²) < 4.78 is 35.9. The van der Waals surface area contributed by atoms with Gasteiger partial charge in [0.05, 0.1) is 4.47 Å². The van der Waals surface area contributed by atoms with Crippen LogP contribution in [0.25, 0.3) is 0 Å². The van der Waals surface area contributed by atoms with Crippen LogP contribution in [0.3, 0.4) is 0 Å². The highest BCUT2D eigenvalue weighted by atomic mass is 79.9. The fourth-order valence-electron chi connectivity index (χ4n) is 0.976. The van der Waals surface area contributed by atoms with Gasteiger partial charge in [-0.15, -0.1) is 0 Å². The third-order valence-corrected chi connectivity index (χ3v) is 2.64. The second kappa shape index (κ2) is 4.22. The Labute approximate surface area is 91.8 Å². The van der Waals surface area contributed by atoms with Crippen molar-refractivity contribution in [3.05, 3.63) is 28.2 Å². The number of aromatic hydroxyl groups is 1. The zero-order valence-electron chi connectivity index (χ0n) is 7.31. The molecular weight excluding hydrogens is 277 g/mol. The van der Waals surface area contributed by atoms with E-state index >= 15 is 0 Å². The Bertz CT molecular complexity index is 387. The first-order valence-electron chi connectivity index (χ1n) is 3.88. The number of hydrogen-bond donors (Lipinski definition) is 1.